The zero-order valence-corrected chi connectivity index (χ0v) is 10.3. The molecule has 0 bridgehead atoms. The average Bonchev–Trinajstić information content (AvgIpc) is 2.69. The highest BCUT2D eigenvalue weighted by molar-refractivity contribution is 7.92. The summed E-state index contributed by atoms with van der Waals surface area (Å²) in [6.45, 7) is 1.56. The highest BCUT2D eigenvalue weighted by atomic mass is 32.2. The lowest BCUT2D eigenvalue weighted by Gasteiger charge is -2.08. The van der Waals surface area contributed by atoms with E-state index in [0.717, 1.165) is 12.3 Å². The maximum absolute atomic E-state index is 13.5. The van der Waals surface area contributed by atoms with Crippen molar-refractivity contribution in [3.63, 3.8) is 0 Å². The van der Waals surface area contributed by atoms with Gasteiger partial charge in [-0.2, -0.15) is 5.10 Å². The van der Waals surface area contributed by atoms with Gasteiger partial charge in [-0.25, -0.2) is 12.8 Å². The summed E-state index contributed by atoms with van der Waals surface area (Å²) < 4.78 is 39.5. The minimum Gasteiger partial charge on any atom is -0.399 e. The van der Waals surface area contributed by atoms with Crippen molar-refractivity contribution < 1.29 is 12.8 Å². The Labute approximate surface area is 103 Å². The summed E-state index contributed by atoms with van der Waals surface area (Å²) in [5, 5.41) is 6.11. The number of benzene rings is 1. The van der Waals surface area contributed by atoms with Gasteiger partial charge in [-0.3, -0.25) is 9.82 Å². The van der Waals surface area contributed by atoms with Crippen LogP contribution in [0.3, 0.4) is 0 Å². The molecule has 0 fully saturated rings. The number of H-pyrrole nitrogens is 1. The quantitative estimate of drug-likeness (QED) is 0.730. The van der Waals surface area contributed by atoms with Crippen LogP contribution in [0, 0.1) is 12.7 Å². The van der Waals surface area contributed by atoms with Crippen LogP contribution in [0.1, 0.15) is 5.69 Å². The number of anilines is 2. The van der Waals surface area contributed by atoms with E-state index in [1.807, 2.05) is 0 Å². The number of aryl methyl sites for hydroxylation is 1. The summed E-state index contributed by atoms with van der Waals surface area (Å²) >= 11 is 0. The standard InChI is InChI=1S/C10H11FN4O2S/c1-6-10(5-13-14-6)18(16,17)15-9-3-2-7(12)4-8(9)11/h2-5,15H,12H2,1H3,(H,13,14). The van der Waals surface area contributed by atoms with Gasteiger partial charge in [0.15, 0.2) is 0 Å². The van der Waals surface area contributed by atoms with Gasteiger partial charge < -0.3 is 5.73 Å². The Morgan fingerprint density at radius 2 is 2.17 bits per heavy atom. The van der Waals surface area contributed by atoms with E-state index in [9.17, 15) is 12.8 Å². The molecule has 1 aromatic carbocycles. The summed E-state index contributed by atoms with van der Waals surface area (Å²) in [6, 6.07) is 3.71. The molecule has 0 radical (unpaired) electrons. The Morgan fingerprint density at radius 1 is 1.44 bits per heavy atom. The molecule has 0 aliphatic heterocycles. The number of nitrogens with one attached hydrogen (secondary N) is 2. The van der Waals surface area contributed by atoms with Crippen molar-refractivity contribution in [2.45, 2.75) is 11.8 Å². The molecule has 1 heterocycles. The molecular formula is C10H11FN4O2S. The van der Waals surface area contributed by atoms with Crippen molar-refractivity contribution in [1.29, 1.82) is 0 Å². The fraction of sp³-hybridized carbons (Fsp3) is 0.100. The number of aromatic nitrogens is 2. The van der Waals surface area contributed by atoms with Crippen LogP contribution in [-0.2, 0) is 10.0 Å². The van der Waals surface area contributed by atoms with E-state index < -0.39 is 15.8 Å². The second-order valence-corrected chi connectivity index (χ2v) is 5.35. The molecule has 2 aromatic rings. The van der Waals surface area contributed by atoms with Crippen molar-refractivity contribution in [2.75, 3.05) is 10.5 Å². The molecule has 8 heteroatoms. The predicted octanol–water partition coefficient (Wildman–Crippen LogP) is 1.24. The summed E-state index contributed by atoms with van der Waals surface area (Å²) in [4.78, 5) is -0.0290. The van der Waals surface area contributed by atoms with Crippen molar-refractivity contribution in [2.24, 2.45) is 0 Å². The fourth-order valence-electron chi connectivity index (χ4n) is 1.42. The maximum atomic E-state index is 13.5. The van der Waals surface area contributed by atoms with Gasteiger partial charge in [0.05, 0.1) is 17.6 Å². The summed E-state index contributed by atoms with van der Waals surface area (Å²) in [6.07, 6.45) is 1.16. The van der Waals surface area contributed by atoms with Crippen LogP contribution >= 0.6 is 0 Å². The summed E-state index contributed by atoms with van der Waals surface area (Å²) in [5.74, 6) is -0.736. The topological polar surface area (TPSA) is 101 Å². The van der Waals surface area contributed by atoms with Gasteiger partial charge in [0.2, 0.25) is 0 Å². The van der Waals surface area contributed by atoms with E-state index in [1.165, 1.54) is 12.1 Å². The molecule has 6 nitrogen and oxygen atoms in total. The van der Waals surface area contributed by atoms with Gasteiger partial charge in [-0.15, -0.1) is 0 Å². The second kappa shape index (κ2) is 4.30. The zero-order chi connectivity index (χ0) is 13.3. The number of aromatic amines is 1. The molecule has 0 amide bonds. The SMILES string of the molecule is Cc1[nH]ncc1S(=O)(=O)Nc1ccc(N)cc1F. The van der Waals surface area contributed by atoms with Crippen LogP contribution in [0.5, 0.6) is 0 Å². The summed E-state index contributed by atoms with van der Waals surface area (Å²) in [7, 11) is -3.86. The molecule has 0 unspecified atom stereocenters. The first-order valence-corrected chi connectivity index (χ1v) is 6.46. The number of hydrogen-bond acceptors (Lipinski definition) is 4. The third-order valence-electron chi connectivity index (χ3n) is 2.31. The fourth-order valence-corrected chi connectivity index (χ4v) is 2.63. The molecular weight excluding hydrogens is 259 g/mol. The van der Waals surface area contributed by atoms with E-state index in [-0.39, 0.29) is 16.3 Å². The molecule has 0 atom stereocenters. The third-order valence-corrected chi connectivity index (χ3v) is 3.79. The van der Waals surface area contributed by atoms with Crippen LogP contribution in [0.2, 0.25) is 0 Å². The number of hydrogen-bond donors (Lipinski definition) is 3. The van der Waals surface area contributed by atoms with Crippen LogP contribution in [0.15, 0.2) is 29.3 Å². The Hall–Kier alpha value is -2.09. The van der Waals surface area contributed by atoms with Gasteiger partial charge in [-0.05, 0) is 25.1 Å². The lowest BCUT2D eigenvalue weighted by atomic mass is 10.3. The third kappa shape index (κ3) is 2.28. The van der Waals surface area contributed by atoms with Gasteiger partial charge >= 0.3 is 0 Å². The van der Waals surface area contributed by atoms with Gasteiger partial charge in [-0.1, -0.05) is 0 Å². The molecule has 0 aliphatic rings. The molecule has 0 saturated carbocycles. The smallest absolute Gasteiger partial charge is 0.265 e. The van der Waals surface area contributed by atoms with E-state index >= 15 is 0 Å². The Bertz CT molecular complexity index is 681. The van der Waals surface area contributed by atoms with Gasteiger partial charge in [0.25, 0.3) is 10.0 Å². The molecule has 18 heavy (non-hydrogen) atoms. The Kier molecular flexibility index (Phi) is 2.95. The molecule has 0 saturated heterocycles. The average molecular weight is 270 g/mol. The number of nitrogen functional groups attached to an aromatic ring is 1. The van der Waals surface area contributed by atoms with E-state index in [0.29, 0.717) is 5.69 Å². The molecule has 2 rings (SSSR count). The Balaban J connectivity index is 2.37. The molecule has 96 valence electrons. The first kappa shape index (κ1) is 12.4. The van der Waals surface area contributed by atoms with Crippen molar-refractivity contribution in [3.8, 4) is 0 Å². The van der Waals surface area contributed by atoms with Gasteiger partial charge in [0.1, 0.15) is 10.7 Å². The van der Waals surface area contributed by atoms with Crippen LogP contribution in [-0.4, -0.2) is 18.6 Å². The maximum Gasteiger partial charge on any atom is 0.265 e. The summed E-state index contributed by atoms with van der Waals surface area (Å²) in [5.41, 5.74) is 5.81. The number of nitrogens with two attached hydrogens (primary N) is 1. The first-order valence-electron chi connectivity index (χ1n) is 4.98. The van der Waals surface area contributed by atoms with E-state index in [4.69, 9.17) is 5.73 Å². The predicted molar refractivity (Wildman–Crippen MR) is 64.9 cm³/mol. The molecule has 0 aliphatic carbocycles. The molecule has 1 aromatic heterocycles. The zero-order valence-electron chi connectivity index (χ0n) is 9.44. The van der Waals surface area contributed by atoms with Crippen molar-refractivity contribution in [1.82, 2.24) is 10.2 Å². The minimum absolute atomic E-state index is 0.0290. The number of sulfonamides is 1. The first-order chi connectivity index (χ1) is 8.40. The number of rotatable bonds is 3. The normalized spacial score (nSPS) is 11.4. The Morgan fingerprint density at radius 3 is 2.72 bits per heavy atom. The highest BCUT2D eigenvalue weighted by Crippen LogP contribution is 2.21. The van der Waals surface area contributed by atoms with Crippen LogP contribution < -0.4 is 10.5 Å². The van der Waals surface area contributed by atoms with E-state index in [2.05, 4.69) is 14.9 Å². The lowest BCUT2D eigenvalue weighted by molar-refractivity contribution is 0.598. The monoisotopic (exact) mass is 270 g/mol. The van der Waals surface area contributed by atoms with Crippen LogP contribution in [0.4, 0.5) is 15.8 Å². The highest BCUT2D eigenvalue weighted by Gasteiger charge is 2.20. The van der Waals surface area contributed by atoms with Crippen molar-refractivity contribution in [3.05, 3.63) is 35.9 Å². The van der Waals surface area contributed by atoms with Crippen LogP contribution in [0.25, 0.3) is 0 Å². The molecule has 0 spiro atoms. The largest absolute Gasteiger partial charge is 0.399 e. The van der Waals surface area contributed by atoms with Gasteiger partial charge in [0, 0.05) is 5.69 Å². The number of halogens is 1. The number of nitrogens with zero attached hydrogens (tertiary/aromatic N) is 1. The van der Waals surface area contributed by atoms with E-state index in [1.54, 1.807) is 6.92 Å². The van der Waals surface area contributed by atoms with Crippen molar-refractivity contribution >= 4 is 21.4 Å². The molecule has 4 N–H and O–H groups in total. The minimum atomic E-state index is -3.86. The lowest BCUT2D eigenvalue weighted by Crippen LogP contribution is -2.14. The second-order valence-electron chi connectivity index (χ2n) is 3.70.